The maximum Gasteiger partial charge on any atom is 0.246 e. The van der Waals surface area contributed by atoms with Crippen LogP contribution in [0.2, 0.25) is 0 Å². The highest BCUT2D eigenvalue weighted by Gasteiger charge is 2.40. The SMILES string of the molecule is NCC(=O)NCC(=O)N[C@@H](Cc1ccccc1)C(=O)N1CCC[C@H]1C(=O)N1CCC(c2noc3cc(F)ccc23)CC1. The molecule has 42 heavy (non-hydrogen) atoms. The zero-order valence-electron chi connectivity index (χ0n) is 23.3. The molecule has 2 atom stereocenters. The highest BCUT2D eigenvalue weighted by Crippen LogP contribution is 2.33. The molecule has 5 rings (SSSR count). The van der Waals surface area contributed by atoms with Gasteiger partial charge in [-0.05, 0) is 43.4 Å². The van der Waals surface area contributed by atoms with E-state index in [-0.39, 0.29) is 43.1 Å². The summed E-state index contributed by atoms with van der Waals surface area (Å²) < 4.78 is 18.9. The van der Waals surface area contributed by atoms with Crippen LogP contribution in [0.3, 0.4) is 0 Å². The van der Waals surface area contributed by atoms with Crippen molar-refractivity contribution in [1.29, 1.82) is 0 Å². The Morgan fingerprint density at radius 1 is 1.02 bits per heavy atom. The topological polar surface area (TPSA) is 151 Å². The van der Waals surface area contributed by atoms with Crippen LogP contribution in [0.15, 0.2) is 53.1 Å². The number of piperidine rings is 1. The summed E-state index contributed by atoms with van der Waals surface area (Å²) in [6.07, 6.45) is 2.81. The molecule has 1 aromatic heterocycles. The summed E-state index contributed by atoms with van der Waals surface area (Å²) in [5, 5.41) is 10.1. The van der Waals surface area contributed by atoms with Crippen LogP contribution in [0.4, 0.5) is 4.39 Å². The van der Waals surface area contributed by atoms with Gasteiger partial charge in [0.25, 0.3) is 0 Å². The Hall–Kier alpha value is -4.32. The van der Waals surface area contributed by atoms with Gasteiger partial charge in [-0.2, -0.15) is 0 Å². The lowest BCUT2D eigenvalue weighted by Crippen LogP contribution is -2.56. The van der Waals surface area contributed by atoms with E-state index in [9.17, 15) is 23.6 Å². The van der Waals surface area contributed by atoms with Crippen LogP contribution in [0.25, 0.3) is 11.0 Å². The first-order chi connectivity index (χ1) is 20.3. The lowest BCUT2D eigenvalue weighted by molar-refractivity contribution is -0.146. The van der Waals surface area contributed by atoms with E-state index in [2.05, 4.69) is 15.8 Å². The Balaban J connectivity index is 1.24. The molecule has 2 aromatic carbocycles. The van der Waals surface area contributed by atoms with Crippen molar-refractivity contribution >= 4 is 34.6 Å². The van der Waals surface area contributed by atoms with Gasteiger partial charge in [0.15, 0.2) is 5.58 Å². The number of carbonyl (C=O) groups is 4. The maximum absolute atomic E-state index is 13.8. The minimum absolute atomic E-state index is 0.0762. The molecule has 0 aliphatic carbocycles. The number of carbonyl (C=O) groups excluding carboxylic acids is 4. The van der Waals surface area contributed by atoms with Crippen LogP contribution in [0.1, 0.15) is 42.9 Å². The summed E-state index contributed by atoms with van der Waals surface area (Å²) in [5.74, 6) is -1.73. The first kappa shape index (κ1) is 29.2. The molecular weight excluding hydrogens is 543 g/mol. The van der Waals surface area contributed by atoms with Crippen molar-refractivity contribution in [3.8, 4) is 0 Å². The molecule has 0 saturated carbocycles. The van der Waals surface area contributed by atoms with Crippen molar-refractivity contribution in [2.75, 3.05) is 32.7 Å². The lowest BCUT2D eigenvalue weighted by Gasteiger charge is -2.36. The summed E-state index contributed by atoms with van der Waals surface area (Å²) >= 11 is 0. The molecular formula is C30H35FN6O5. The van der Waals surface area contributed by atoms with Crippen molar-refractivity contribution < 1.29 is 28.1 Å². The van der Waals surface area contributed by atoms with Crippen LogP contribution in [0.5, 0.6) is 0 Å². The average molecular weight is 579 g/mol. The zero-order valence-corrected chi connectivity index (χ0v) is 23.3. The Morgan fingerprint density at radius 2 is 1.79 bits per heavy atom. The van der Waals surface area contributed by atoms with Gasteiger partial charge >= 0.3 is 0 Å². The third-order valence-electron chi connectivity index (χ3n) is 8.02. The molecule has 2 aliphatic rings. The summed E-state index contributed by atoms with van der Waals surface area (Å²) in [4.78, 5) is 55.0. The van der Waals surface area contributed by atoms with E-state index >= 15 is 0 Å². The second-order valence-corrected chi connectivity index (χ2v) is 10.8. The second-order valence-electron chi connectivity index (χ2n) is 10.8. The fourth-order valence-electron chi connectivity index (χ4n) is 5.84. The number of halogens is 1. The highest BCUT2D eigenvalue weighted by molar-refractivity contribution is 5.94. The van der Waals surface area contributed by atoms with E-state index in [1.54, 1.807) is 15.9 Å². The first-order valence-corrected chi connectivity index (χ1v) is 14.3. The third kappa shape index (κ3) is 6.59. The Bertz CT molecular complexity index is 1440. The minimum Gasteiger partial charge on any atom is -0.356 e. The fourth-order valence-corrected chi connectivity index (χ4v) is 5.84. The molecule has 0 spiro atoms. The van der Waals surface area contributed by atoms with Gasteiger partial charge in [0.2, 0.25) is 23.6 Å². The standard InChI is InChI=1S/C30H35FN6O5/c31-21-8-9-22-25(16-21)42-35-28(22)20-10-13-36(14-11-20)30(41)24-7-4-12-37(24)29(40)23(15-19-5-2-1-3-6-19)34-27(39)18-33-26(38)17-32/h1-3,5-6,8-9,16,20,23-24H,4,7,10-15,17-18,32H2,(H,33,38)(H,34,39)/t23-,24-/m0/s1. The first-order valence-electron chi connectivity index (χ1n) is 14.3. The van der Waals surface area contributed by atoms with Gasteiger partial charge in [0.1, 0.15) is 17.9 Å². The summed E-state index contributed by atoms with van der Waals surface area (Å²) in [6.45, 7) is 0.870. The van der Waals surface area contributed by atoms with Crippen LogP contribution in [-0.2, 0) is 25.6 Å². The van der Waals surface area contributed by atoms with Gasteiger partial charge in [-0.3, -0.25) is 19.2 Å². The predicted octanol–water partition coefficient (Wildman–Crippen LogP) is 1.47. The molecule has 4 N–H and O–H groups in total. The molecule has 0 bridgehead atoms. The number of benzene rings is 2. The number of hydrogen-bond acceptors (Lipinski definition) is 7. The number of nitrogens with zero attached hydrogens (tertiary/aromatic N) is 3. The summed E-state index contributed by atoms with van der Waals surface area (Å²) in [6, 6.07) is 12.2. The molecule has 11 nitrogen and oxygen atoms in total. The van der Waals surface area contributed by atoms with E-state index in [0.717, 1.165) is 16.6 Å². The van der Waals surface area contributed by atoms with Gasteiger partial charge in [-0.15, -0.1) is 0 Å². The Labute approximate surface area is 242 Å². The highest BCUT2D eigenvalue weighted by atomic mass is 19.1. The summed E-state index contributed by atoms with van der Waals surface area (Å²) in [5.41, 5.74) is 7.33. The number of aromatic nitrogens is 1. The normalized spacial score (nSPS) is 18.2. The molecule has 2 fully saturated rings. The van der Waals surface area contributed by atoms with E-state index in [0.29, 0.717) is 50.9 Å². The molecule has 222 valence electrons. The monoisotopic (exact) mass is 578 g/mol. The molecule has 4 amide bonds. The molecule has 12 heteroatoms. The molecule has 2 aliphatic heterocycles. The summed E-state index contributed by atoms with van der Waals surface area (Å²) in [7, 11) is 0. The van der Waals surface area contributed by atoms with Crippen molar-refractivity contribution in [2.24, 2.45) is 5.73 Å². The van der Waals surface area contributed by atoms with E-state index in [1.165, 1.54) is 12.1 Å². The van der Waals surface area contributed by atoms with Crippen LogP contribution >= 0.6 is 0 Å². The van der Waals surface area contributed by atoms with Gasteiger partial charge in [-0.25, -0.2) is 4.39 Å². The predicted molar refractivity (Wildman–Crippen MR) is 151 cm³/mol. The molecule has 2 saturated heterocycles. The number of fused-ring (bicyclic) bond motifs is 1. The quantitative estimate of drug-likeness (QED) is 0.348. The van der Waals surface area contributed by atoms with Crippen molar-refractivity contribution in [3.63, 3.8) is 0 Å². The third-order valence-corrected chi connectivity index (χ3v) is 8.02. The number of nitrogens with one attached hydrogen (secondary N) is 2. The number of nitrogens with two attached hydrogens (primary N) is 1. The lowest BCUT2D eigenvalue weighted by atomic mass is 9.91. The molecule has 3 heterocycles. The van der Waals surface area contributed by atoms with Gasteiger partial charge in [0.05, 0.1) is 18.8 Å². The molecule has 0 radical (unpaired) electrons. The molecule has 0 unspecified atom stereocenters. The zero-order chi connectivity index (χ0) is 29.6. The smallest absolute Gasteiger partial charge is 0.246 e. The number of hydrogen-bond donors (Lipinski definition) is 3. The molecule has 3 aromatic rings. The number of rotatable bonds is 9. The second kappa shape index (κ2) is 13.1. The van der Waals surface area contributed by atoms with Crippen molar-refractivity contribution in [2.45, 2.75) is 50.1 Å². The van der Waals surface area contributed by atoms with E-state index in [4.69, 9.17) is 10.3 Å². The van der Waals surface area contributed by atoms with Crippen LogP contribution in [0, 0.1) is 5.82 Å². The minimum atomic E-state index is -0.904. The van der Waals surface area contributed by atoms with Crippen LogP contribution < -0.4 is 16.4 Å². The average Bonchev–Trinajstić information content (AvgIpc) is 3.67. The van der Waals surface area contributed by atoms with Crippen molar-refractivity contribution in [3.05, 3.63) is 65.6 Å². The Kier molecular flexibility index (Phi) is 9.11. The number of amides is 4. The van der Waals surface area contributed by atoms with Gasteiger partial charge in [-0.1, -0.05) is 35.5 Å². The van der Waals surface area contributed by atoms with Crippen molar-refractivity contribution in [1.82, 2.24) is 25.6 Å². The van der Waals surface area contributed by atoms with Gasteiger partial charge in [0, 0.05) is 43.4 Å². The largest absolute Gasteiger partial charge is 0.356 e. The van der Waals surface area contributed by atoms with Gasteiger partial charge < -0.3 is 30.7 Å². The maximum atomic E-state index is 13.8. The van der Waals surface area contributed by atoms with E-state index in [1.807, 2.05) is 30.3 Å². The fraction of sp³-hybridized carbons (Fsp3) is 0.433. The van der Waals surface area contributed by atoms with E-state index < -0.39 is 23.9 Å². The van der Waals surface area contributed by atoms with Crippen LogP contribution in [-0.4, -0.2) is 83.4 Å². The number of likely N-dealkylation sites (tertiary alicyclic amines) is 2. The Morgan fingerprint density at radius 3 is 2.52 bits per heavy atom.